The quantitative estimate of drug-likeness (QED) is 0.516. The predicted molar refractivity (Wildman–Crippen MR) is 38.1 cm³/mol. The van der Waals surface area contributed by atoms with Gasteiger partial charge >= 0.3 is 0 Å². The van der Waals surface area contributed by atoms with Crippen LogP contribution in [-0.4, -0.2) is 10.2 Å². The number of nitrogens with zero attached hydrogens (tertiary/aromatic N) is 1. The van der Waals surface area contributed by atoms with Crippen molar-refractivity contribution in [2.45, 2.75) is 12.8 Å². The van der Waals surface area contributed by atoms with Crippen molar-refractivity contribution in [1.82, 2.24) is 10.2 Å². The molecule has 0 spiro atoms. The van der Waals surface area contributed by atoms with Crippen molar-refractivity contribution in [1.29, 1.82) is 0 Å². The van der Waals surface area contributed by atoms with Gasteiger partial charge in [-0.25, -0.2) is 0 Å². The molecule has 9 heavy (non-hydrogen) atoms. The summed E-state index contributed by atoms with van der Waals surface area (Å²) in [6.45, 7) is 0. The standard InChI is InChI=1S/C7H8N2.H2/c1-2-4-7-6(3-1)5-8-9-7;/h3-5,9H,1-2H2;1H. The van der Waals surface area contributed by atoms with Crippen LogP contribution in [0, 0.1) is 0 Å². The van der Waals surface area contributed by atoms with Crippen molar-refractivity contribution < 1.29 is 1.43 Å². The van der Waals surface area contributed by atoms with Gasteiger partial charge in [-0.1, -0.05) is 12.2 Å². The largest absolute Gasteiger partial charge is 0.278 e. The summed E-state index contributed by atoms with van der Waals surface area (Å²) in [7, 11) is 0. The van der Waals surface area contributed by atoms with E-state index in [-0.39, 0.29) is 1.43 Å². The highest BCUT2D eigenvalue weighted by Gasteiger charge is 1.91. The topological polar surface area (TPSA) is 28.7 Å². The van der Waals surface area contributed by atoms with Crippen molar-refractivity contribution in [3.63, 3.8) is 0 Å². The number of nitrogens with one attached hydrogen (secondary N) is 1. The molecule has 2 rings (SSSR count). The van der Waals surface area contributed by atoms with E-state index in [1.807, 2.05) is 6.20 Å². The van der Waals surface area contributed by atoms with Crippen molar-refractivity contribution in [3.05, 3.63) is 16.8 Å². The zero-order valence-electron chi connectivity index (χ0n) is 5.09. The maximum Gasteiger partial charge on any atom is 0.0607 e. The Labute approximate surface area is 54.4 Å². The van der Waals surface area contributed by atoms with Gasteiger partial charge in [-0.05, 0) is 12.8 Å². The van der Waals surface area contributed by atoms with E-state index in [0.717, 1.165) is 12.8 Å². The van der Waals surface area contributed by atoms with E-state index in [4.69, 9.17) is 0 Å². The first-order valence-corrected chi connectivity index (χ1v) is 3.16. The Morgan fingerprint density at radius 3 is 3.22 bits per heavy atom. The van der Waals surface area contributed by atoms with Gasteiger partial charge in [-0.3, -0.25) is 5.10 Å². The summed E-state index contributed by atoms with van der Waals surface area (Å²) in [5, 5.41) is 9.27. The number of hydrogen-bond donors (Lipinski definition) is 1. The highest BCUT2D eigenvalue weighted by Crippen LogP contribution is 1.92. The summed E-state index contributed by atoms with van der Waals surface area (Å²) < 4.78 is 0. The molecule has 0 unspecified atom stereocenters. The van der Waals surface area contributed by atoms with Crippen LogP contribution in [0.5, 0.6) is 0 Å². The molecular weight excluding hydrogens is 112 g/mol. The average Bonchev–Trinajstić information content (AvgIpc) is 2.33. The lowest BCUT2D eigenvalue weighted by Crippen LogP contribution is -2.23. The zero-order chi connectivity index (χ0) is 6.10. The van der Waals surface area contributed by atoms with Crippen LogP contribution in [0.25, 0.3) is 12.2 Å². The van der Waals surface area contributed by atoms with Crippen LogP contribution in [0.1, 0.15) is 14.3 Å². The van der Waals surface area contributed by atoms with E-state index in [1.165, 1.54) is 10.6 Å². The Balaban J connectivity index is 0.000000500. The molecule has 1 aromatic rings. The summed E-state index contributed by atoms with van der Waals surface area (Å²) >= 11 is 0. The van der Waals surface area contributed by atoms with Crippen molar-refractivity contribution in [2.24, 2.45) is 0 Å². The third-order valence-corrected chi connectivity index (χ3v) is 1.58. The Bertz CT molecular complexity index is 282. The van der Waals surface area contributed by atoms with Gasteiger partial charge in [-0.15, -0.1) is 0 Å². The number of hydrogen-bond acceptors (Lipinski definition) is 1. The first-order valence-electron chi connectivity index (χ1n) is 3.16. The van der Waals surface area contributed by atoms with Gasteiger partial charge in [0.15, 0.2) is 0 Å². The first-order chi connectivity index (χ1) is 4.47. The van der Waals surface area contributed by atoms with Crippen LogP contribution in [0.15, 0.2) is 6.20 Å². The lowest BCUT2D eigenvalue weighted by Gasteiger charge is -1.90. The van der Waals surface area contributed by atoms with Crippen molar-refractivity contribution >= 4 is 12.2 Å². The van der Waals surface area contributed by atoms with E-state index in [9.17, 15) is 0 Å². The van der Waals surface area contributed by atoms with Crippen LogP contribution in [0.3, 0.4) is 0 Å². The molecule has 1 aromatic heterocycles. The van der Waals surface area contributed by atoms with Gasteiger partial charge < -0.3 is 0 Å². The molecule has 0 amide bonds. The highest BCUT2D eigenvalue weighted by atomic mass is 15.1. The molecule has 0 bridgehead atoms. The maximum absolute atomic E-state index is 3.92. The summed E-state index contributed by atoms with van der Waals surface area (Å²) in [4.78, 5) is 0. The number of fused-ring (bicyclic) bond motifs is 1. The zero-order valence-corrected chi connectivity index (χ0v) is 5.09. The van der Waals surface area contributed by atoms with Crippen LogP contribution in [0.2, 0.25) is 0 Å². The SMILES string of the molecule is C1=c2cn[nH]c2=CCC1.[HH]. The molecule has 48 valence electrons. The minimum absolute atomic E-state index is 0. The van der Waals surface area contributed by atoms with E-state index in [2.05, 4.69) is 22.3 Å². The van der Waals surface area contributed by atoms with Gasteiger partial charge in [-0.2, -0.15) is 5.10 Å². The summed E-state index contributed by atoms with van der Waals surface area (Å²) in [6.07, 6.45) is 8.56. The Hall–Kier alpha value is -1.05. The molecule has 0 saturated carbocycles. The van der Waals surface area contributed by atoms with E-state index in [0.29, 0.717) is 0 Å². The van der Waals surface area contributed by atoms with Crippen molar-refractivity contribution in [3.8, 4) is 0 Å². The van der Waals surface area contributed by atoms with Gasteiger partial charge in [0.1, 0.15) is 0 Å². The van der Waals surface area contributed by atoms with E-state index < -0.39 is 0 Å². The maximum atomic E-state index is 3.92. The van der Waals surface area contributed by atoms with E-state index >= 15 is 0 Å². The average molecular weight is 122 g/mol. The summed E-state index contributed by atoms with van der Waals surface area (Å²) in [6, 6.07) is 0. The Kier molecular flexibility index (Phi) is 0.918. The molecule has 1 aliphatic carbocycles. The van der Waals surface area contributed by atoms with Gasteiger partial charge in [0, 0.05) is 6.65 Å². The lowest BCUT2D eigenvalue weighted by molar-refractivity contribution is 1.04. The lowest BCUT2D eigenvalue weighted by atomic mass is 10.2. The number of H-pyrrole nitrogens is 1. The number of aromatic amines is 1. The van der Waals surface area contributed by atoms with E-state index in [1.54, 1.807) is 0 Å². The second kappa shape index (κ2) is 1.72. The highest BCUT2D eigenvalue weighted by molar-refractivity contribution is 5.34. The van der Waals surface area contributed by atoms with Gasteiger partial charge in [0.05, 0.1) is 11.5 Å². The van der Waals surface area contributed by atoms with Crippen LogP contribution in [0.4, 0.5) is 0 Å². The molecule has 1 aliphatic rings. The van der Waals surface area contributed by atoms with Crippen molar-refractivity contribution in [2.75, 3.05) is 0 Å². The Morgan fingerprint density at radius 2 is 2.33 bits per heavy atom. The first kappa shape index (κ1) is 4.79. The fraction of sp³-hybridized carbons (Fsp3) is 0.286. The van der Waals surface area contributed by atoms with Gasteiger partial charge in [0.2, 0.25) is 0 Å². The fourth-order valence-electron chi connectivity index (χ4n) is 1.10. The Morgan fingerprint density at radius 1 is 1.44 bits per heavy atom. The second-order valence-electron chi connectivity index (χ2n) is 2.22. The van der Waals surface area contributed by atoms with Crippen LogP contribution < -0.4 is 10.6 Å². The molecule has 2 heteroatoms. The smallest absolute Gasteiger partial charge is 0.0607 e. The molecular formula is C7H10N2. The molecule has 1 heterocycles. The number of rotatable bonds is 0. The monoisotopic (exact) mass is 122 g/mol. The normalized spacial score (nSPS) is 15.6. The van der Waals surface area contributed by atoms with Crippen LogP contribution >= 0.6 is 0 Å². The fourth-order valence-corrected chi connectivity index (χ4v) is 1.10. The molecule has 0 saturated heterocycles. The summed E-state index contributed by atoms with van der Waals surface area (Å²) in [5.41, 5.74) is 0. The second-order valence-corrected chi connectivity index (χ2v) is 2.22. The summed E-state index contributed by atoms with van der Waals surface area (Å²) in [5.74, 6) is 0. The molecule has 0 atom stereocenters. The minimum Gasteiger partial charge on any atom is -0.278 e. The molecule has 0 aliphatic heterocycles. The molecule has 2 nitrogen and oxygen atoms in total. The van der Waals surface area contributed by atoms with Crippen LogP contribution in [-0.2, 0) is 0 Å². The molecule has 0 aromatic carbocycles. The number of aromatic nitrogens is 2. The third-order valence-electron chi connectivity index (χ3n) is 1.58. The molecule has 0 radical (unpaired) electrons. The molecule has 0 fully saturated rings. The van der Waals surface area contributed by atoms with Gasteiger partial charge in [0.25, 0.3) is 0 Å². The predicted octanol–water partition coefficient (Wildman–Crippen LogP) is 0.0105. The minimum atomic E-state index is 0. The molecule has 1 N–H and O–H groups in total. The third kappa shape index (κ3) is 0.669.